The number of aliphatic hydroxyl groups excluding tert-OH is 1. The second-order valence-corrected chi connectivity index (χ2v) is 10.8. The summed E-state index contributed by atoms with van der Waals surface area (Å²) in [6.07, 6.45) is 15.3. The Hall–Kier alpha value is -1.48. The van der Waals surface area contributed by atoms with E-state index in [-0.39, 0.29) is 22.9 Å². The number of aliphatic hydroxyl groups is 1. The zero-order chi connectivity index (χ0) is 20.2. The number of carbonyl (C=O) groups is 1. The molecule has 4 aliphatic carbocycles. The molecule has 3 nitrogen and oxygen atoms in total. The standard InChI is InChI=1S/C26H36NO2/c1-25-12-10-19(28)16-18(25)6-7-20-21-8-9-23(26(21,2)13-11-22(20)25)24(29)17-27-14-4-3-5-15-27/h3-6,14-15,19-23,28H,7-13,16-17H2,1-2H3/q+1/t19-,20+,21+,22+,23-,25-,26-/m0/s1. The Bertz CT molecular complexity index is 817. The van der Waals surface area contributed by atoms with Crippen molar-refractivity contribution in [3.8, 4) is 0 Å². The maximum absolute atomic E-state index is 13.3. The molecule has 3 heteroatoms. The summed E-state index contributed by atoms with van der Waals surface area (Å²) in [5.41, 5.74) is 1.99. The van der Waals surface area contributed by atoms with E-state index in [2.05, 4.69) is 19.9 Å². The van der Waals surface area contributed by atoms with Crippen LogP contribution in [0.5, 0.6) is 0 Å². The van der Waals surface area contributed by atoms with Gasteiger partial charge < -0.3 is 5.11 Å². The number of allylic oxidation sites excluding steroid dienone is 1. The highest BCUT2D eigenvalue weighted by Gasteiger charge is 2.59. The van der Waals surface area contributed by atoms with Crippen LogP contribution in [0.25, 0.3) is 0 Å². The zero-order valence-electron chi connectivity index (χ0n) is 18.0. The molecule has 4 aliphatic rings. The third kappa shape index (κ3) is 3.03. The van der Waals surface area contributed by atoms with Gasteiger partial charge in [0.1, 0.15) is 0 Å². The molecule has 0 spiro atoms. The van der Waals surface area contributed by atoms with Gasteiger partial charge in [0.15, 0.2) is 12.4 Å². The number of nitrogens with zero attached hydrogens (tertiary/aromatic N) is 1. The molecule has 7 atom stereocenters. The minimum absolute atomic E-state index is 0.135. The lowest BCUT2D eigenvalue weighted by molar-refractivity contribution is -0.684. The molecule has 0 saturated heterocycles. The third-order valence-electron chi connectivity index (χ3n) is 9.58. The largest absolute Gasteiger partial charge is 0.393 e. The maximum Gasteiger partial charge on any atom is 0.206 e. The Morgan fingerprint density at radius 3 is 2.66 bits per heavy atom. The number of hydrogen-bond acceptors (Lipinski definition) is 2. The lowest BCUT2D eigenvalue weighted by Crippen LogP contribution is -2.51. The minimum Gasteiger partial charge on any atom is -0.393 e. The van der Waals surface area contributed by atoms with Crippen molar-refractivity contribution in [3.05, 3.63) is 42.2 Å². The molecule has 1 aromatic rings. The minimum atomic E-state index is -0.135. The van der Waals surface area contributed by atoms with E-state index >= 15 is 0 Å². The number of rotatable bonds is 3. The SMILES string of the molecule is C[C@]12CC[C@@H]3[C@H](CC=C4C[C@@H](O)CC[C@@]43C)[C@H]1CC[C@H]2C(=O)C[n+]1ccccc1. The molecular weight excluding hydrogens is 358 g/mol. The molecule has 0 amide bonds. The molecule has 29 heavy (non-hydrogen) atoms. The molecule has 1 aromatic heterocycles. The van der Waals surface area contributed by atoms with Gasteiger partial charge in [0, 0.05) is 18.1 Å². The van der Waals surface area contributed by atoms with Gasteiger partial charge in [-0.2, -0.15) is 4.57 Å². The van der Waals surface area contributed by atoms with Crippen LogP contribution in [0, 0.1) is 34.5 Å². The first-order chi connectivity index (χ1) is 13.9. The number of pyridine rings is 1. The first kappa shape index (κ1) is 19.5. The van der Waals surface area contributed by atoms with Gasteiger partial charge in [0.25, 0.3) is 0 Å². The monoisotopic (exact) mass is 394 g/mol. The molecule has 3 saturated carbocycles. The second kappa shape index (κ2) is 7.04. The average Bonchev–Trinajstić information content (AvgIpc) is 3.06. The normalized spacial score (nSPS) is 43.7. The molecule has 0 aliphatic heterocycles. The number of aromatic nitrogens is 1. The molecule has 156 valence electrons. The Morgan fingerprint density at radius 1 is 1.07 bits per heavy atom. The van der Waals surface area contributed by atoms with Crippen LogP contribution in [0.2, 0.25) is 0 Å². The highest BCUT2D eigenvalue weighted by Crippen LogP contribution is 2.66. The molecule has 0 radical (unpaired) electrons. The number of fused-ring (bicyclic) bond motifs is 5. The van der Waals surface area contributed by atoms with Crippen molar-refractivity contribution in [1.29, 1.82) is 0 Å². The molecule has 0 aromatic carbocycles. The smallest absolute Gasteiger partial charge is 0.206 e. The summed E-state index contributed by atoms with van der Waals surface area (Å²) in [4.78, 5) is 13.3. The van der Waals surface area contributed by atoms with Gasteiger partial charge in [-0.1, -0.05) is 31.6 Å². The number of ketones is 1. The Morgan fingerprint density at radius 2 is 1.86 bits per heavy atom. The predicted octanol–water partition coefficient (Wildman–Crippen LogP) is 4.48. The first-order valence-corrected chi connectivity index (χ1v) is 11.8. The summed E-state index contributed by atoms with van der Waals surface area (Å²) >= 11 is 0. The van der Waals surface area contributed by atoms with Gasteiger partial charge in [-0.15, -0.1) is 0 Å². The molecule has 1 heterocycles. The Kier molecular flexibility index (Phi) is 4.73. The molecular formula is C26H36NO2+. The molecule has 0 bridgehead atoms. The maximum atomic E-state index is 13.3. The quantitative estimate of drug-likeness (QED) is 0.606. The van der Waals surface area contributed by atoms with Crippen molar-refractivity contribution in [2.24, 2.45) is 34.5 Å². The Balaban J connectivity index is 1.38. The van der Waals surface area contributed by atoms with Crippen LogP contribution in [0.1, 0.15) is 65.2 Å². The van der Waals surface area contributed by atoms with Gasteiger partial charge in [-0.05, 0) is 80.0 Å². The number of hydrogen-bond donors (Lipinski definition) is 1. The predicted molar refractivity (Wildman–Crippen MR) is 113 cm³/mol. The van der Waals surface area contributed by atoms with E-state index in [1.165, 1.54) is 24.8 Å². The van der Waals surface area contributed by atoms with Crippen molar-refractivity contribution < 1.29 is 14.5 Å². The Labute approximate surface area is 175 Å². The van der Waals surface area contributed by atoms with Gasteiger partial charge in [-0.3, -0.25) is 4.79 Å². The van der Waals surface area contributed by atoms with Crippen LogP contribution in [-0.4, -0.2) is 17.0 Å². The zero-order valence-corrected chi connectivity index (χ0v) is 18.0. The van der Waals surface area contributed by atoms with Gasteiger partial charge in [0.05, 0.1) is 6.10 Å². The summed E-state index contributed by atoms with van der Waals surface area (Å²) in [6, 6.07) is 6.02. The fourth-order valence-corrected chi connectivity index (χ4v) is 8.00. The van der Waals surface area contributed by atoms with E-state index in [1.807, 2.05) is 35.2 Å². The summed E-state index contributed by atoms with van der Waals surface area (Å²) in [5, 5.41) is 10.2. The fraction of sp³-hybridized carbons (Fsp3) is 0.692. The van der Waals surface area contributed by atoms with Crippen LogP contribution in [0.3, 0.4) is 0 Å². The average molecular weight is 395 g/mol. The summed E-state index contributed by atoms with van der Waals surface area (Å²) in [7, 11) is 0. The highest BCUT2D eigenvalue weighted by atomic mass is 16.3. The van der Waals surface area contributed by atoms with Crippen molar-refractivity contribution in [1.82, 2.24) is 0 Å². The van der Waals surface area contributed by atoms with Crippen molar-refractivity contribution in [3.63, 3.8) is 0 Å². The fourth-order valence-electron chi connectivity index (χ4n) is 8.00. The van der Waals surface area contributed by atoms with Crippen LogP contribution >= 0.6 is 0 Å². The molecule has 5 rings (SSSR count). The van der Waals surface area contributed by atoms with E-state index in [4.69, 9.17) is 0 Å². The first-order valence-electron chi connectivity index (χ1n) is 11.8. The van der Waals surface area contributed by atoms with E-state index in [0.29, 0.717) is 18.2 Å². The van der Waals surface area contributed by atoms with Crippen LogP contribution < -0.4 is 4.57 Å². The van der Waals surface area contributed by atoms with Gasteiger partial charge in [-0.25, -0.2) is 0 Å². The van der Waals surface area contributed by atoms with Crippen LogP contribution in [0.15, 0.2) is 42.2 Å². The highest BCUT2D eigenvalue weighted by molar-refractivity contribution is 5.81. The third-order valence-corrected chi connectivity index (χ3v) is 9.58. The lowest BCUT2D eigenvalue weighted by atomic mass is 9.47. The van der Waals surface area contributed by atoms with E-state index in [1.54, 1.807) is 0 Å². The summed E-state index contributed by atoms with van der Waals surface area (Å²) in [6.45, 7) is 5.43. The number of Topliss-reactive ketones (excluding diaryl/α,β-unsaturated/α-hetero) is 1. The number of carbonyl (C=O) groups excluding carboxylic acids is 1. The van der Waals surface area contributed by atoms with E-state index in [0.717, 1.165) is 43.9 Å². The van der Waals surface area contributed by atoms with Crippen LogP contribution in [0.4, 0.5) is 0 Å². The second-order valence-electron chi connectivity index (χ2n) is 10.8. The molecule has 0 unspecified atom stereocenters. The van der Waals surface area contributed by atoms with Gasteiger partial charge in [0.2, 0.25) is 12.3 Å². The van der Waals surface area contributed by atoms with Crippen LogP contribution in [-0.2, 0) is 11.3 Å². The van der Waals surface area contributed by atoms with E-state index in [9.17, 15) is 9.90 Å². The van der Waals surface area contributed by atoms with E-state index < -0.39 is 0 Å². The molecule has 3 fully saturated rings. The van der Waals surface area contributed by atoms with Crippen molar-refractivity contribution >= 4 is 5.78 Å². The topological polar surface area (TPSA) is 41.2 Å². The van der Waals surface area contributed by atoms with Gasteiger partial charge >= 0.3 is 0 Å². The van der Waals surface area contributed by atoms with Crippen molar-refractivity contribution in [2.75, 3.05) is 0 Å². The lowest BCUT2D eigenvalue weighted by Gasteiger charge is -2.57. The molecule has 1 N–H and O–H groups in total. The summed E-state index contributed by atoms with van der Waals surface area (Å²) < 4.78 is 2.04. The van der Waals surface area contributed by atoms with Crippen molar-refractivity contribution in [2.45, 2.75) is 77.9 Å². The summed E-state index contributed by atoms with van der Waals surface area (Å²) in [5.74, 6) is 2.79.